The first-order valence-electron chi connectivity index (χ1n) is 8.11. The second-order valence-electron chi connectivity index (χ2n) is 5.61. The summed E-state index contributed by atoms with van der Waals surface area (Å²) in [5, 5.41) is 0.671. The number of hydrogen-bond acceptors (Lipinski definition) is 5. The molecule has 0 saturated carbocycles. The van der Waals surface area contributed by atoms with Gasteiger partial charge in [0.15, 0.2) is 16.3 Å². The Morgan fingerprint density at radius 3 is 2.73 bits per heavy atom. The third-order valence-corrected chi connectivity index (χ3v) is 4.93. The van der Waals surface area contributed by atoms with Crippen LogP contribution in [0.4, 0.5) is 0 Å². The van der Waals surface area contributed by atoms with E-state index in [-0.39, 0.29) is 0 Å². The van der Waals surface area contributed by atoms with Crippen LogP contribution in [-0.4, -0.2) is 43.9 Å². The number of nitrogens with zero attached hydrogens (tertiary/aromatic N) is 3. The topological polar surface area (TPSA) is 81.9 Å². The van der Waals surface area contributed by atoms with Crippen LogP contribution in [0.5, 0.6) is 0 Å². The van der Waals surface area contributed by atoms with Crippen LogP contribution >= 0.6 is 23.4 Å². The van der Waals surface area contributed by atoms with Gasteiger partial charge in [-0.25, -0.2) is 9.78 Å². The molecule has 0 spiro atoms. The molecule has 2 heterocycles. The van der Waals surface area contributed by atoms with Crippen LogP contribution < -0.4 is 11.2 Å². The number of alkyl halides is 1. The minimum absolute atomic E-state index is 0.374. The van der Waals surface area contributed by atoms with E-state index in [9.17, 15) is 9.59 Å². The number of aromatic amines is 1. The summed E-state index contributed by atoms with van der Waals surface area (Å²) in [5.41, 5.74) is 0.893. The van der Waals surface area contributed by atoms with Crippen molar-refractivity contribution in [2.75, 3.05) is 24.8 Å². The highest BCUT2D eigenvalue weighted by atomic mass is 35.5. The summed E-state index contributed by atoms with van der Waals surface area (Å²) in [6.07, 6.45) is 0. The van der Waals surface area contributed by atoms with Crippen LogP contribution in [0, 0.1) is 0 Å². The van der Waals surface area contributed by atoms with Gasteiger partial charge in [-0.1, -0.05) is 42.1 Å². The maximum absolute atomic E-state index is 12.4. The molecule has 0 amide bonds. The number of aryl methyl sites for hydroxylation is 1. The molecule has 9 heteroatoms. The van der Waals surface area contributed by atoms with Crippen molar-refractivity contribution in [2.24, 2.45) is 7.05 Å². The number of imidazole rings is 1. The molecule has 0 radical (unpaired) electrons. The van der Waals surface area contributed by atoms with Crippen LogP contribution in [0.3, 0.4) is 0 Å². The Kier molecular flexibility index (Phi) is 6.18. The van der Waals surface area contributed by atoms with E-state index in [1.54, 1.807) is 7.05 Å². The molecule has 0 atom stereocenters. The van der Waals surface area contributed by atoms with Crippen molar-refractivity contribution in [3.05, 3.63) is 56.7 Å². The van der Waals surface area contributed by atoms with Crippen LogP contribution in [0.25, 0.3) is 11.2 Å². The maximum Gasteiger partial charge on any atom is 0.329 e. The molecule has 138 valence electrons. The number of fused-ring (bicyclic) bond motifs is 1. The number of rotatable bonds is 8. The highest BCUT2D eigenvalue weighted by Crippen LogP contribution is 2.22. The van der Waals surface area contributed by atoms with Gasteiger partial charge in [-0.2, -0.15) is 0 Å². The molecule has 0 saturated heterocycles. The quantitative estimate of drug-likeness (QED) is 0.358. The molecule has 3 aromatic rings. The number of thioether (sulfide) groups is 1. The van der Waals surface area contributed by atoms with Crippen molar-refractivity contribution < 1.29 is 4.74 Å². The van der Waals surface area contributed by atoms with Crippen LogP contribution in [0.2, 0.25) is 0 Å². The van der Waals surface area contributed by atoms with Gasteiger partial charge in [0.2, 0.25) is 0 Å². The zero-order chi connectivity index (χ0) is 18.5. The van der Waals surface area contributed by atoms with Gasteiger partial charge in [-0.15, -0.1) is 11.6 Å². The fourth-order valence-corrected chi connectivity index (χ4v) is 3.54. The molecule has 1 N–H and O–H groups in total. The molecule has 0 fully saturated rings. The molecule has 0 aliphatic rings. The summed E-state index contributed by atoms with van der Waals surface area (Å²) in [5.74, 6) is 1.12. The van der Waals surface area contributed by atoms with Crippen LogP contribution in [-0.2, 0) is 18.3 Å². The van der Waals surface area contributed by atoms with Crippen molar-refractivity contribution >= 4 is 34.5 Å². The summed E-state index contributed by atoms with van der Waals surface area (Å²) < 4.78 is 8.59. The van der Waals surface area contributed by atoms with Gasteiger partial charge in [-0.05, 0) is 5.56 Å². The van der Waals surface area contributed by atoms with Crippen LogP contribution in [0.1, 0.15) is 5.56 Å². The normalized spacial score (nSPS) is 11.3. The second-order valence-corrected chi connectivity index (χ2v) is 7.05. The molecule has 7 nitrogen and oxygen atoms in total. The van der Waals surface area contributed by atoms with Gasteiger partial charge in [0.1, 0.15) is 0 Å². The van der Waals surface area contributed by atoms with Crippen molar-refractivity contribution in [3.63, 3.8) is 0 Å². The van der Waals surface area contributed by atoms with Gasteiger partial charge >= 0.3 is 5.69 Å². The van der Waals surface area contributed by atoms with Crippen molar-refractivity contribution in [3.8, 4) is 0 Å². The van der Waals surface area contributed by atoms with Gasteiger partial charge in [0.05, 0.1) is 19.8 Å². The number of halogens is 1. The molecule has 0 aliphatic carbocycles. The molecular weight excluding hydrogens is 376 g/mol. The summed E-state index contributed by atoms with van der Waals surface area (Å²) in [6, 6.07) is 9.80. The number of aromatic nitrogens is 4. The van der Waals surface area contributed by atoms with E-state index >= 15 is 0 Å². The van der Waals surface area contributed by atoms with E-state index in [1.165, 1.54) is 16.3 Å². The Morgan fingerprint density at radius 2 is 2.00 bits per heavy atom. The predicted octanol–water partition coefficient (Wildman–Crippen LogP) is 1.82. The van der Waals surface area contributed by atoms with Crippen molar-refractivity contribution in [2.45, 2.75) is 11.7 Å². The standard InChI is InChI=1S/C17H19ClN4O3S/c1-21-14-13(15(23)20-16(21)24)22(11-12-5-3-2-4-6-12)17(19-14)26-10-9-25-8-7-18/h2-6H,7-11H2,1H3,(H,20,23,24). The lowest BCUT2D eigenvalue weighted by Gasteiger charge is -2.09. The Balaban J connectivity index is 2.00. The van der Waals surface area contributed by atoms with Crippen LogP contribution in [0.15, 0.2) is 45.1 Å². The maximum atomic E-state index is 12.4. The average molecular weight is 395 g/mol. The first-order valence-corrected chi connectivity index (χ1v) is 9.64. The molecule has 0 aliphatic heterocycles. The number of H-pyrrole nitrogens is 1. The Bertz CT molecular complexity index is 997. The van der Waals surface area contributed by atoms with E-state index in [0.717, 1.165) is 5.56 Å². The molecule has 26 heavy (non-hydrogen) atoms. The van der Waals surface area contributed by atoms with E-state index in [2.05, 4.69) is 9.97 Å². The molecule has 0 unspecified atom stereocenters. The minimum atomic E-state index is -0.478. The molecule has 0 bridgehead atoms. The highest BCUT2D eigenvalue weighted by molar-refractivity contribution is 7.99. The molecule has 2 aromatic heterocycles. The highest BCUT2D eigenvalue weighted by Gasteiger charge is 2.17. The van der Waals surface area contributed by atoms with E-state index in [4.69, 9.17) is 16.3 Å². The van der Waals surface area contributed by atoms with Crippen molar-refractivity contribution in [1.29, 1.82) is 0 Å². The lowest BCUT2D eigenvalue weighted by atomic mass is 10.2. The second kappa shape index (κ2) is 8.57. The zero-order valence-corrected chi connectivity index (χ0v) is 15.8. The summed E-state index contributed by atoms with van der Waals surface area (Å²) in [6.45, 7) is 1.52. The predicted molar refractivity (Wildman–Crippen MR) is 103 cm³/mol. The summed E-state index contributed by atoms with van der Waals surface area (Å²) >= 11 is 7.08. The lowest BCUT2D eigenvalue weighted by Crippen LogP contribution is -2.29. The fourth-order valence-electron chi connectivity index (χ4n) is 2.59. The van der Waals surface area contributed by atoms with Gasteiger partial charge in [-0.3, -0.25) is 14.3 Å². The number of nitrogens with one attached hydrogen (secondary N) is 1. The summed E-state index contributed by atoms with van der Waals surface area (Å²) in [7, 11) is 1.60. The van der Waals surface area contributed by atoms with Gasteiger partial charge in [0, 0.05) is 18.7 Å². The van der Waals surface area contributed by atoms with Gasteiger partial charge < -0.3 is 9.30 Å². The Labute approximate surface area is 159 Å². The fraction of sp³-hybridized carbons (Fsp3) is 0.353. The van der Waals surface area contributed by atoms with Crippen molar-refractivity contribution in [1.82, 2.24) is 19.1 Å². The van der Waals surface area contributed by atoms with E-state index in [1.807, 2.05) is 34.9 Å². The lowest BCUT2D eigenvalue weighted by molar-refractivity contribution is 0.166. The third-order valence-electron chi connectivity index (χ3n) is 3.84. The Morgan fingerprint density at radius 1 is 1.23 bits per heavy atom. The Hall–Kier alpha value is -2.03. The third kappa shape index (κ3) is 4.03. The molecular formula is C17H19ClN4O3S. The SMILES string of the molecule is Cn1c(=O)[nH]c(=O)c2c1nc(SCCOCCCl)n2Cc1ccccc1. The summed E-state index contributed by atoms with van der Waals surface area (Å²) in [4.78, 5) is 31.2. The smallest absolute Gasteiger partial charge is 0.329 e. The monoisotopic (exact) mass is 394 g/mol. The first kappa shape index (κ1) is 18.8. The molecule has 3 rings (SSSR count). The number of benzene rings is 1. The number of hydrogen-bond donors (Lipinski definition) is 1. The zero-order valence-electron chi connectivity index (χ0n) is 14.3. The first-order chi connectivity index (χ1) is 12.6. The van der Waals surface area contributed by atoms with E-state index < -0.39 is 11.2 Å². The van der Waals surface area contributed by atoms with E-state index in [0.29, 0.717) is 47.7 Å². The van der Waals surface area contributed by atoms with Gasteiger partial charge in [0.25, 0.3) is 5.56 Å². The average Bonchev–Trinajstić information content (AvgIpc) is 2.99. The minimum Gasteiger partial charge on any atom is -0.379 e. The molecule has 1 aromatic carbocycles. The largest absolute Gasteiger partial charge is 0.379 e. The number of ether oxygens (including phenoxy) is 1.